The summed E-state index contributed by atoms with van der Waals surface area (Å²) in [7, 11) is -4.42. The number of carbonyl (C=O) groups excluding carboxylic acids is 2. The summed E-state index contributed by atoms with van der Waals surface area (Å²) >= 11 is 0. The lowest BCUT2D eigenvalue weighted by Crippen LogP contribution is -2.17. The van der Waals surface area contributed by atoms with Gasteiger partial charge in [0.1, 0.15) is 0 Å². The molecule has 0 aliphatic carbocycles. The first kappa shape index (κ1) is 9.83. The van der Waals surface area contributed by atoms with Gasteiger partial charge in [-0.1, -0.05) is 6.58 Å². The van der Waals surface area contributed by atoms with Crippen molar-refractivity contribution >= 4 is 21.7 Å². The number of carbonyl (C=O) groups is 2. The Labute approximate surface area is 63.8 Å². The third-order valence-electron chi connectivity index (χ3n) is 0.741. The standard InChI is InChI=1S/C5H6O5S/c1-4(2)5(7)11(8,9)10-3-6/h3H,1H2,2H3. The first-order valence-corrected chi connectivity index (χ1v) is 3.89. The molecule has 0 unspecified atom stereocenters. The van der Waals surface area contributed by atoms with Gasteiger partial charge in [0.25, 0.3) is 0 Å². The van der Waals surface area contributed by atoms with Crippen LogP contribution in [-0.4, -0.2) is 20.0 Å². The van der Waals surface area contributed by atoms with Crippen LogP contribution in [0.4, 0.5) is 0 Å². The molecule has 0 amide bonds. The van der Waals surface area contributed by atoms with E-state index in [0.29, 0.717) is 0 Å². The van der Waals surface area contributed by atoms with Crippen molar-refractivity contribution in [3.63, 3.8) is 0 Å². The van der Waals surface area contributed by atoms with E-state index in [9.17, 15) is 18.0 Å². The lowest BCUT2D eigenvalue weighted by molar-refractivity contribution is -0.121. The molecule has 0 atom stereocenters. The molecule has 0 saturated carbocycles. The van der Waals surface area contributed by atoms with Crippen LogP contribution in [0.3, 0.4) is 0 Å². The lowest BCUT2D eigenvalue weighted by atomic mass is 10.4. The molecule has 5 nitrogen and oxygen atoms in total. The molecule has 0 aromatic rings. The van der Waals surface area contributed by atoms with Gasteiger partial charge in [0.15, 0.2) is 0 Å². The molecule has 0 aromatic heterocycles. The molecule has 0 radical (unpaired) electrons. The van der Waals surface area contributed by atoms with E-state index in [4.69, 9.17) is 0 Å². The number of hydrogen-bond acceptors (Lipinski definition) is 5. The summed E-state index contributed by atoms with van der Waals surface area (Å²) in [6, 6.07) is 0. The largest absolute Gasteiger partial charge is 0.380 e. The Bertz CT molecular complexity index is 286. The van der Waals surface area contributed by atoms with Crippen LogP contribution in [-0.2, 0) is 23.9 Å². The van der Waals surface area contributed by atoms with Crippen molar-refractivity contribution in [2.75, 3.05) is 0 Å². The molecule has 0 fully saturated rings. The fourth-order valence-corrected chi connectivity index (χ4v) is 0.926. The summed E-state index contributed by atoms with van der Waals surface area (Å²) in [5.74, 6) is 0. The molecule has 0 rings (SSSR count). The zero-order valence-corrected chi connectivity index (χ0v) is 6.55. The third kappa shape index (κ3) is 2.50. The topological polar surface area (TPSA) is 77.5 Å². The molecule has 0 N–H and O–H groups in total. The molecule has 0 bridgehead atoms. The quantitative estimate of drug-likeness (QED) is 0.333. The summed E-state index contributed by atoms with van der Waals surface area (Å²) in [4.78, 5) is 20.1. The highest BCUT2D eigenvalue weighted by Crippen LogP contribution is 2.00. The van der Waals surface area contributed by atoms with Gasteiger partial charge in [-0.25, -0.2) is 0 Å². The Hall–Kier alpha value is -1.17. The summed E-state index contributed by atoms with van der Waals surface area (Å²) in [5.41, 5.74) is -0.202. The van der Waals surface area contributed by atoms with Crippen molar-refractivity contribution in [2.45, 2.75) is 6.92 Å². The normalized spacial score (nSPS) is 10.3. The second kappa shape index (κ2) is 3.29. The van der Waals surface area contributed by atoms with Crippen LogP contribution in [0.5, 0.6) is 0 Å². The van der Waals surface area contributed by atoms with E-state index in [0.717, 1.165) is 0 Å². The van der Waals surface area contributed by atoms with Crippen molar-refractivity contribution in [2.24, 2.45) is 0 Å². The summed E-state index contributed by atoms with van der Waals surface area (Å²) in [5, 5.41) is -1.29. The van der Waals surface area contributed by atoms with E-state index in [-0.39, 0.29) is 12.0 Å². The third-order valence-corrected chi connectivity index (χ3v) is 1.88. The highest BCUT2D eigenvalue weighted by Gasteiger charge is 2.23. The van der Waals surface area contributed by atoms with Gasteiger partial charge in [-0.2, -0.15) is 8.42 Å². The van der Waals surface area contributed by atoms with Crippen molar-refractivity contribution < 1.29 is 22.2 Å². The molecule has 0 saturated heterocycles. The monoisotopic (exact) mass is 178 g/mol. The van der Waals surface area contributed by atoms with Crippen LogP contribution in [0.2, 0.25) is 0 Å². The van der Waals surface area contributed by atoms with Gasteiger partial charge in [0.05, 0.1) is 0 Å². The molecule has 0 aromatic carbocycles. The van der Waals surface area contributed by atoms with Crippen LogP contribution < -0.4 is 0 Å². The second-order valence-electron chi connectivity index (χ2n) is 1.71. The van der Waals surface area contributed by atoms with Gasteiger partial charge in [0.2, 0.25) is 0 Å². The Kier molecular flexibility index (Phi) is 2.94. The molecule has 62 valence electrons. The van der Waals surface area contributed by atoms with Crippen molar-refractivity contribution in [3.8, 4) is 0 Å². The molecule has 0 aliphatic heterocycles. The van der Waals surface area contributed by atoms with E-state index in [1.807, 2.05) is 0 Å². The van der Waals surface area contributed by atoms with Crippen LogP contribution >= 0.6 is 0 Å². The van der Waals surface area contributed by atoms with E-state index < -0.39 is 15.2 Å². The maximum atomic E-state index is 10.6. The SMILES string of the molecule is C=C(C)C(=O)S(=O)(=O)OC=O. The Balaban J connectivity index is 4.72. The molecule has 6 heteroatoms. The van der Waals surface area contributed by atoms with Gasteiger partial charge < -0.3 is 4.18 Å². The minimum Gasteiger partial charge on any atom is -0.343 e. The van der Waals surface area contributed by atoms with Gasteiger partial charge >= 0.3 is 21.7 Å². The smallest absolute Gasteiger partial charge is 0.343 e. The highest BCUT2D eigenvalue weighted by atomic mass is 32.2. The maximum Gasteiger partial charge on any atom is 0.380 e. The predicted molar refractivity (Wildman–Crippen MR) is 35.9 cm³/mol. The number of rotatable bonds is 3. The van der Waals surface area contributed by atoms with Gasteiger partial charge in [-0.15, -0.1) is 0 Å². The fraction of sp³-hybridized carbons (Fsp3) is 0.200. The van der Waals surface area contributed by atoms with Crippen molar-refractivity contribution in [1.82, 2.24) is 0 Å². The molecule has 0 aliphatic rings. The van der Waals surface area contributed by atoms with E-state index in [1.54, 1.807) is 0 Å². The Morgan fingerprint density at radius 1 is 1.55 bits per heavy atom. The molecule has 0 heterocycles. The maximum absolute atomic E-state index is 10.6. The van der Waals surface area contributed by atoms with E-state index >= 15 is 0 Å². The zero-order chi connectivity index (χ0) is 9.07. The number of hydrogen-bond donors (Lipinski definition) is 0. The minimum absolute atomic E-state index is 0.202. The predicted octanol–water partition coefficient (Wildman–Crippen LogP) is -0.408. The van der Waals surface area contributed by atoms with Crippen LogP contribution in [0.25, 0.3) is 0 Å². The van der Waals surface area contributed by atoms with Gasteiger partial charge in [-0.05, 0) is 6.92 Å². The average Bonchev–Trinajstić information content (AvgIpc) is 1.86. The molecule has 11 heavy (non-hydrogen) atoms. The van der Waals surface area contributed by atoms with Crippen LogP contribution in [0, 0.1) is 0 Å². The summed E-state index contributed by atoms with van der Waals surface area (Å²) < 4.78 is 24.6. The first-order chi connectivity index (χ1) is 4.91. The van der Waals surface area contributed by atoms with Crippen LogP contribution in [0.1, 0.15) is 6.92 Å². The van der Waals surface area contributed by atoms with Gasteiger partial charge in [0, 0.05) is 5.57 Å². The van der Waals surface area contributed by atoms with Crippen LogP contribution in [0.15, 0.2) is 12.2 Å². The highest BCUT2D eigenvalue weighted by molar-refractivity contribution is 8.02. The zero-order valence-electron chi connectivity index (χ0n) is 5.73. The Morgan fingerprint density at radius 2 is 2.00 bits per heavy atom. The van der Waals surface area contributed by atoms with Crippen molar-refractivity contribution in [1.29, 1.82) is 0 Å². The molecular weight excluding hydrogens is 172 g/mol. The average molecular weight is 178 g/mol. The second-order valence-corrected chi connectivity index (χ2v) is 3.19. The van der Waals surface area contributed by atoms with E-state index in [2.05, 4.69) is 10.8 Å². The Morgan fingerprint density at radius 3 is 2.27 bits per heavy atom. The first-order valence-electron chi connectivity index (χ1n) is 2.48. The fourth-order valence-electron chi connectivity index (χ4n) is 0.309. The lowest BCUT2D eigenvalue weighted by Gasteiger charge is -1.96. The van der Waals surface area contributed by atoms with E-state index in [1.165, 1.54) is 6.92 Å². The summed E-state index contributed by atoms with van der Waals surface area (Å²) in [6.45, 7) is 3.96. The molecule has 0 spiro atoms. The summed E-state index contributed by atoms with van der Waals surface area (Å²) in [6.07, 6.45) is 0. The minimum atomic E-state index is -4.42. The molecular formula is C5H6O5S. The van der Waals surface area contributed by atoms with Crippen molar-refractivity contribution in [3.05, 3.63) is 12.2 Å². The van der Waals surface area contributed by atoms with Gasteiger partial charge in [-0.3, -0.25) is 9.59 Å².